The van der Waals surface area contributed by atoms with Gasteiger partial charge in [0.1, 0.15) is 0 Å². The standard InChI is InChI=1S/C18H20BrN/c1-18(2)12-11-16(13-7-3-4-8-14(13)18)20-17-10-6-5-9-15(17)19/h3-10,16,20H,11-12H2,1-2H3. The van der Waals surface area contributed by atoms with Crippen LogP contribution in [0.5, 0.6) is 0 Å². The summed E-state index contributed by atoms with van der Waals surface area (Å²) in [5, 5.41) is 3.70. The minimum absolute atomic E-state index is 0.280. The molecule has 0 heterocycles. The number of halogens is 1. The van der Waals surface area contributed by atoms with E-state index >= 15 is 0 Å². The molecule has 1 unspecified atom stereocenters. The van der Waals surface area contributed by atoms with Crippen LogP contribution in [0.2, 0.25) is 0 Å². The van der Waals surface area contributed by atoms with Crippen LogP contribution in [0.25, 0.3) is 0 Å². The number of fused-ring (bicyclic) bond motifs is 1. The molecule has 0 saturated heterocycles. The third-order valence-electron chi connectivity index (χ3n) is 4.33. The molecule has 1 nitrogen and oxygen atoms in total. The average Bonchev–Trinajstić information content (AvgIpc) is 2.44. The van der Waals surface area contributed by atoms with E-state index in [0.717, 1.165) is 4.47 Å². The number of hydrogen-bond acceptors (Lipinski definition) is 1. The van der Waals surface area contributed by atoms with E-state index < -0.39 is 0 Å². The van der Waals surface area contributed by atoms with E-state index in [4.69, 9.17) is 0 Å². The maximum atomic E-state index is 3.70. The van der Waals surface area contributed by atoms with Gasteiger partial charge in [-0.2, -0.15) is 0 Å². The van der Waals surface area contributed by atoms with E-state index in [1.807, 2.05) is 6.07 Å². The second-order valence-corrected chi connectivity index (χ2v) is 7.04. The summed E-state index contributed by atoms with van der Waals surface area (Å²) < 4.78 is 1.13. The third kappa shape index (κ3) is 2.49. The van der Waals surface area contributed by atoms with Crippen molar-refractivity contribution in [3.05, 3.63) is 64.1 Å². The fourth-order valence-electron chi connectivity index (χ4n) is 3.13. The molecule has 0 amide bonds. The van der Waals surface area contributed by atoms with Gasteiger partial charge in [-0.05, 0) is 57.4 Å². The Bertz CT molecular complexity index is 618. The first-order chi connectivity index (χ1) is 9.58. The van der Waals surface area contributed by atoms with Crippen molar-refractivity contribution in [3.63, 3.8) is 0 Å². The van der Waals surface area contributed by atoms with Crippen LogP contribution >= 0.6 is 15.9 Å². The van der Waals surface area contributed by atoms with Gasteiger partial charge in [0.05, 0.1) is 6.04 Å². The number of para-hydroxylation sites is 1. The van der Waals surface area contributed by atoms with Crippen molar-refractivity contribution >= 4 is 21.6 Å². The molecule has 2 aromatic carbocycles. The van der Waals surface area contributed by atoms with Gasteiger partial charge in [-0.25, -0.2) is 0 Å². The maximum Gasteiger partial charge on any atom is 0.0517 e. The summed E-state index contributed by atoms with van der Waals surface area (Å²) in [6.45, 7) is 4.70. The topological polar surface area (TPSA) is 12.0 Å². The van der Waals surface area contributed by atoms with Gasteiger partial charge >= 0.3 is 0 Å². The number of hydrogen-bond donors (Lipinski definition) is 1. The molecule has 1 atom stereocenters. The van der Waals surface area contributed by atoms with Crippen molar-refractivity contribution in [2.24, 2.45) is 0 Å². The number of benzene rings is 2. The van der Waals surface area contributed by atoms with Crippen molar-refractivity contribution in [3.8, 4) is 0 Å². The van der Waals surface area contributed by atoms with Crippen LogP contribution in [0.3, 0.4) is 0 Å². The maximum absolute atomic E-state index is 3.70. The molecule has 1 aliphatic rings. The Morgan fingerprint density at radius 1 is 1.05 bits per heavy atom. The molecule has 104 valence electrons. The highest BCUT2D eigenvalue weighted by atomic mass is 79.9. The summed E-state index contributed by atoms with van der Waals surface area (Å²) in [5.74, 6) is 0. The highest BCUT2D eigenvalue weighted by Crippen LogP contribution is 2.43. The second kappa shape index (κ2) is 5.25. The minimum atomic E-state index is 0.280. The van der Waals surface area contributed by atoms with Crippen molar-refractivity contribution in [2.45, 2.75) is 38.1 Å². The number of nitrogens with one attached hydrogen (secondary N) is 1. The van der Waals surface area contributed by atoms with Crippen LogP contribution in [0, 0.1) is 0 Å². The molecule has 0 aromatic heterocycles. The van der Waals surface area contributed by atoms with E-state index in [1.54, 1.807) is 0 Å². The molecule has 0 fully saturated rings. The zero-order valence-corrected chi connectivity index (χ0v) is 13.6. The van der Waals surface area contributed by atoms with Crippen LogP contribution in [-0.2, 0) is 5.41 Å². The van der Waals surface area contributed by atoms with Crippen LogP contribution in [0.15, 0.2) is 53.0 Å². The Kier molecular flexibility index (Phi) is 3.59. The molecule has 2 heteroatoms. The van der Waals surface area contributed by atoms with Gasteiger partial charge in [-0.3, -0.25) is 0 Å². The van der Waals surface area contributed by atoms with Gasteiger partial charge in [0.2, 0.25) is 0 Å². The van der Waals surface area contributed by atoms with Crippen LogP contribution in [0.4, 0.5) is 5.69 Å². The summed E-state index contributed by atoms with van der Waals surface area (Å²) >= 11 is 3.62. The van der Waals surface area contributed by atoms with Gasteiger partial charge in [0.25, 0.3) is 0 Å². The molecule has 1 aliphatic carbocycles. The van der Waals surface area contributed by atoms with Gasteiger partial charge in [0, 0.05) is 10.2 Å². The second-order valence-electron chi connectivity index (χ2n) is 6.19. The fraction of sp³-hybridized carbons (Fsp3) is 0.333. The molecule has 3 rings (SSSR count). The average molecular weight is 330 g/mol. The lowest BCUT2D eigenvalue weighted by Crippen LogP contribution is -2.29. The number of anilines is 1. The lowest BCUT2D eigenvalue weighted by molar-refractivity contribution is 0.406. The minimum Gasteiger partial charge on any atom is -0.377 e. The van der Waals surface area contributed by atoms with E-state index in [-0.39, 0.29) is 5.41 Å². The molecule has 20 heavy (non-hydrogen) atoms. The van der Waals surface area contributed by atoms with E-state index in [9.17, 15) is 0 Å². The molecule has 2 aromatic rings. The van der Waals surface area contributed by atoms with Crippen molar-refractivity contribution < 1.29 is 0 Å². The van der Waals surface area contributed by atoms with Gasteiger partial charge in [0.15, 0.2) is 0 Å². The van der Waals surface area contributed by atoms with Crippen LogP contribution < -0.4 is 5.32 Å². The van der Waals surface area contributed by atoms with E-state index in [0.29, 0.717) is 6.04 Å². The third-order valence-corrected chi connectivity index (χ3v) is 5.02. The zero-order valence-electron chi connectivity index (χ0n) is 12.0. The van der Waals surface area contributed by atoms with Gasteiger partial charge in [-0.15, -0.1) is 0 Å². The largest absolute Gasteiger partial charge is 0.377 e. The molecule has 0 bridgehead atoms. The Morgan fingerprint density at radius 3 is 2.55 bits per heavy atom. The first-order valence-electron chi connectivity index (χ1n) is 7.18. The van der Waals surface area contributed by atoms with Crippen molar-refractivity contribution in [2.75, 3.05) is 5.32 Å². The molecule has 1 N–H and O–H groups in total. The molecule has 0 aliphatic heterocycles. The van der Waals surface area contributed by atoms with E-state index in [1.165, 1.54) is 29.7 Å². The summed E-state index contributed by atoms with van der Waals surface area (Å²) in [5.41, 5.74) is 4.38. The molecule has 0 radical (unpaired) electrons. The molecular weight excluding hydrogens is 310 g/mol. The first kappa shape index (κ1) is 13.7. The fourth-order valence-corrected chi connectivity index (χ4v) is 3.53. The predicted molar refractivity (Wildman–Crippen MR) is 89.2 cm³/mol. The van der Waals surface area contributed by atoms with Gasteiger partial charge in [-0.1, -0.05) is 50.2 Å². The Morgan fingerprint density at radius 2 is 1.75 bits per heavy atom. The zero-order chi connectivity index (χ0) is 14.2. The van der Waals surface area contributed by atoms with Crippen molar-refractivity contribution in [1.82, 2.24) is 0 Å². The summed E-state index contributed by atoms with van der Waals surface area (Å²) in [7, 11) is 0. The summed E-state index contributed by atoms with van der Waals surface area (Å²) in [6.07, 6.45) is 2.39. The summed E-state index contributed by atoms with van der Waals surface area (Å²) in [4.78, 5) is 0. The monoisotopic (exact) mass is 329 g/mol. The number of rotatable bonds is 2. The van der Waals surface area contributed by atoms with Crippen LogP contribution in [-0.4, -0.2) is 0 Å². The van der Waals surface area contributed by atoms with Crippen molar-refractivity contribution in [1.29, 1.82) is 0 Å². The molecule has 0 saturated carbocycles. The smallest absolute Gasteiger partial charge is 0.0517 e. The van der Waals surface area contributed by atoms with Crippen LogP contribution in [0.1, 0.15) is 43.9 Å². The first-order valence-corrected chi connectivity index (χ1v) is 7.98. The van der Waals surface area contributed by atoms with E-state index in [2.05, 4.69) is 77.6 Å². The highest BCUT2D eigenvalue weighted by Gasteiger charge is 2.32. The highest BCUT2D eigenvalue weighted by molar-refractivity contribution is 9.10. The molecule has 0 spiro atoms. The quantitative estimate of drug-likeness (QED) is 0.748. The lowest BCUT2D eigenvalue weighted by Gasteiger charge is -2.37. The normalized spacial score (nSPS) is 20.2. The SMILES string of the molecule is CC1(C)CCC(Nc2ccccc2Br)c2ccccc21. The Hall–Kier alpha value is -1.28. The Labute approximate surface area is 129 Å². The summed E-state index contributed by atoms with van der Waals surface area (Å²) in [6, 6.07) is 17.6. The Balaban J connectivity index is 1.95. The predicted octanol–water partition coefficient (Wildman–Crippen LogP) is 5.67. The molecular formula is C18H20BrN. The van der Waals surface area contributed by atoms with Gasteiger partial charge < -0.3 is 5.32 Å². The lowest BCUT2D eigenvalue weighted by atomic mass is 9.71.